The second-order valence-electron chi connectivity index (χ2n) is 5.68. The first-order chi connectivity index (χ1) is 9.93. The lowest BCUT2D eigenvalue weighted by Crippen LogP contribution is -2.12. The molecule has 0 aliphatic heterocycles. The van der Waals surface area contributed by atoms with Crippen LogP contribution < -0.4 is 0 Å². The average molecular weight is 302 g/mol. The van der Waals surface area contributed by atoms with Gasteiger partial charge in [-0.15, -0.1) is 0 Å². The maximum Gasteiger partial charge on any atom is 0.175 e. The number of sulfone groups is 1. The van der Waals surface area contributed by atoms with Gasteiger partial charge in [-0.25, -0.2) is 18.4 Å². The Hall–Kier alpha value is -1.75. The zero-order chi connectivity index (χ0) is 15.0. The third kappa shape index (κ3) is 2.97. The minimum Gasteiger partial charge on any atom is -0.233 e. The van der Waals surface area contributed by atoms with E-state index < -0.39 is 9.84 Å². The smallest absolute Gasteiger partial charge is 0.175 e. The molecule has 3 rings (SSSR count). The van der Waals surface area contributed by atoms with E-state index in [-0.39, 0.29) is 0 Å². The quantitative estimate of drug-likeness (QED) is 0.874. The molecule has 0 unspecified atom stereocenters. The van der Waals surface area contributed by atoms with Gasteiger partial charge in [-0.05, 0) is 50.1 Å². The molecule has 0 bridgehead atoms. The van der Waals surface area contributed by atoms with Crippen LogP contribution in [0.15, 0.2) is 35.2 Å². The summed E-state index contributed by atoms with van der Waals surface area (Å²) in [6, 6.07) is 8.82. The van der Waals surface area contributed by atoms with Gasteiger partial charge in [-0.1, -0.05) is 6.42 Å². The Labute approximate surface area is 125 Å². The van der Waals surface area contributed by atoms with Gasteiger partial charge in [0.2, 0.25) is 0 Å². The minimum absolute atomic E-state index is 0.318. The van der Waals surface area contributed by atoms with Crippen LogP contribution in [0.1, 0.15) is 36.6 Å². The highest BCUT2D eigenvalue weighted by Crippen LogP contribution is 2.36. The Kier molecular flexibility index (Phi) is 3.53. The molecule has 1 aromatic carbocycles. The Morgan fingerprint density at radius 2 is 1.76 bits per heavy atom. The van der Waals surface area contributed by atoms with Crippen molar-refractivity contribution >= 4 is 9.84 Å². The lowest BCUT2D eigenvalue weighted by Gasteiger charge is -2.25. The van der Waals surface area contributed by atoms with E-state index in [4.69, 9.17) is 0 Å². The molecule has 1 aromatic heterocycles. The number of benzene rings is 1. The van der Waals surface area contributed by atoms with Crippen molar-refractivity contribution in [1.82, 2.24) is 9.97 Å². The Bertz CT molecular complexity index is 763. The van der Waals surface area contributed by atoms with Crippen molar-refractivity contribution in [3.63, 3.8) is 0 Å². The summed E-state index contributed by atoms with van der Waals surface area (Å²) in [5.41, 5.74) is 2.91. The zero-order valence-electron chi connectivity index (χ0n) is 12.2. The Morgan fingerprint density at radius 1 is 1.10 bits per heavy atom. The molecule has 1 heterocycles. The van der Waals surface area contributed by atoms with Crippen molar-refractivity contribution in [1.29, 1.82) is 0 Å². The van der Waals surface area contributed by atoms with Gasteiger partial charge >= 0.3 is 0 Å². The van der Waals surface area contributed by atoms with Crippen molar-refractivity contribution in [2.24, 2.45) is 0 Å². The summed E-state index contributed by atoms with van der Waals surface area (Å²) in [6.07, 6.45) is 4.87. The normalized spacial score (nSPS) is 15.7. The van der Waals surface area contributed by atoms with E-state index in [1.54, 1.807) is 24.3 Å². The van der Waals surface area contributed by atoms with E-state index in [1.165, 1.54) is 25.5 Å². The maximum atomic E-state index is 11.5. The van der Waals surface area contributed by atoms with Gasteiger partial charge in [0.25, 0.3) is 0 Å². The van der Waals surface area contributed by atoms with Crippen LogP contribution in [-0.2, 0) is 9.84 Å². The summed E-state index contributed by atoms with van der Waals surface area (Å²) in [4.78, 5) is 9.45. The van der Waals surface area contributed by atoms with Crippen LogP contribution in [0.4, 0.5) is 0 Å². The van der Waals surface area contributed by atoms with Crippen LogP contribution >= 0.6 is 0 Å². The highest BCUT2D eigenvalue weighted by atomic mass is 32.2. The Morgan fingerprint density at radius 3 is 2.29 bits per heavy atom. The van der Waals surface area contributed by atoms with Gasteiger partial charge in [0.1, 0.15) is 0 Å². The molecule has 1 aliphatic carbocycles. The fourth-order valence-corrected chi connectivity index (χ4v) is 3.12. The molecule has 0 radical (unpaired) electrons. The standard InChI is InChI=1S/C16H18N2O2S/c1-11-10-15(12-4-3-5-12)18-16(17-11)13-6-8-14(9-7-13)21(2,19)20/h6-10,12H,3-5H2,1-2H3. The highest BCUT2D eigenvalue weighted by Gasteiger charge is 2.22. The van der Waals surface area contributed by atoms with Gasteiger partial charge in [-0.3, -0.25) is 0 Å². The molecule has 1 aliphatic rings. The number of hydrogen-bond acceptors (Lipinski definition) is 4. The molecule has 21 heavy (non-hydrogen) atoms. The van der Waals surface area contributed by atoms with E-state index in [0.717, 1.165) is 17.0 Å². The molecule has 0 atom stereocenters. The summed E-state index contributed by atoms with van der Waals surface area (Å²) >= 11 is 0. The lowest BCUT2D eigenvalue weighted by molar-refractivity contribution is 0.410. The first kappa shape index (κ1) is 14.2. The number of aryl methyl sites for hydroxylation is 1. The summed E-state index contributed by atoms with van der Waals surface area (Å²) in [6.45, 7) is 1.97. The van der Waals surface area contributed by atoms with E-state index >= 15 is 0 Å². The monoisotopic (exact) mass is 302 g/mol. The molecule has 4 nitrogen and oxygen atoms in total. The van der Waals surface area contributed by atoms with E-state index in [2.05, 4.69) is 16.0 Å². The number of hydrogen-bond donors (Lipinski definition) is 0. The largest absolute Gasteiger partial charge is 0.233 e. The number of rotatable bonds is 3. The molecular weight excluding hydrogens is 284 g/mol. The van der Waals surface area contributed by atoms with Gasteiger partial charge < -0.3 is 0 Å². The van der Waals surface area contributed by atoms with Gasteiger partial charge in [0.05, 0.1) is 4.90 Å². The lowest BCUT2D eigenvalue weighted by atomic mass is 9.82. The summed E-state index contributed by atoms with van der Waals surface area (Å²) < 4.78 is 23.0. The van der Waals surface area contributed by atoms with Crippen molar-refractivity contribution in [3.8, 4) is 11.4 Å². The van der Waals surface area contributed by atoms with Crippen molar-refractivity contribution in [2.75, 3.05) is 6.26 Å². The van der Waals surface area contributed by atoms with Gasteiger partial charge in [0, 0.05) is 29.1 Å². The topological polar surface area (TPSA) is 59.9 Å². The Balaban J connectivity index is 1.98. The SMILES string of the molecule is Cc1cc(C2CCC2)nc(-c2ccc(S(C)(=O)=O)cc2)n1. The van der Waals surface area contributed by atoms with Crippen LogP contribution in [-0.4, -0.2) is 24.6 Å². The number of aromatic nitrogens is 2. The fourth-order valence-electron chi connectivity index (χ4n) is 2.49. The average Bonchev–Trinajstić information content (AvgIpc) is 2.35. The third-order valence-corrected chi connectivity index (χ3v) is 5.07. The van der Waals surface area contributed by atoms with E-state index in [9.17, 15) is 8.42 Å². The fraction of sp³-hybridized carbons (Fsp3) is 0.375. The first-order valence-corrected chi connectivity index (χ1v) is 8.99. The molecule has 0 spiro atoms. The van der Waals surface area contributed by atoms with Crippen molar-refractivity contribution in [3.05, 3.63) is 41.7 Å². The van der Waals surface area contributed by atoms with E-state index in [1.807, 2.05) is 6.92 Å². The molecule has 2 aromatic rings. The predicted molar refractivity (Wildman–Crippen MR) is 81.9 cm³/mol. The third-order valence-electron chi connectivity index (χ3n) is 3.94. The highest BCUT2D eigenvalue weighted by molar-refractivity contribution is 7.90. The van der Waals surface area contributed by atoms with Crippen LogP contribution in [0.25, 0.3) is 11.4 Å². The molecule has 0 amide bonds. The van der Waals surface area contributed by atoms with Crippen molar-refractivity contribution < 1.29 is 8.42 Å². The van der Waals surface area contributed by atoms with Crippen molar-refractivity contribution in [2.45, 2.75) is 37.0 Å². The van der Waals surface area contributed by atoms with Gasteiger partial charge in [0.15, 0.2) is 15.7 Å². The van der Waals surface area contributed by atoms with E-state index in [0.29, 0.717) is 16.6 Å². The summed E-state index contributed by atoms with van der Waals surface area (Å²) in [5, 5.41) is 0. The summed E-state index contributed by atoms with van der Waals surface area (Å²) in [5.74, 6) is 1.23. The molecule has 110 valence electrons. The molecule has 1 fully saturated rings. The molecule has 0 N–H and O–H groups in total. The number of nitrogens with zero attached hydrogens (tertiary/aromatic N) is 2. The molecular formula is C16H18N2O2S. The zero-order valence-corrected chi connectivity index (χ0v) is 13.0. The first-order valence-electron chi connectivity index (χ1n) is 7.09. The maximum absolute atomic E-state index is 11.5. The van der Waals surface area contributed by atoms with Gasteiger partial charge in [-0.2, -0.15) is 0 Å². The molecule has 1 saturated carbocycles. The molecule has 5 heteroatoms. The van der Waals surface area contributed by atoms with Crippen LogP contribution in [0.2, 0.25) is 0 Å². The summed E-state index contributed by atoms with van der Waals surface area (Å²) in [7, 11) is -3.17. The van der Waals surface area contributed by atoms with Crippen LogP contribution in [0, 0.1) is 6.92 Å². The van der Waals surface area contributed by atoms with Crippen LogP contribution in [0.5, 0.6) is 0 Å². The second-order valence-corrected chi connectivity index (χ2v) is 7.70. The predicted octanol–water partition coefficient (Wildman–Crippen LogP) is 3.12. The second kappa shape index (κ2) is 5.22. The molecule has 0 saturated heterocycles. The minimum atomic E-state index is -3.17. The van der Waals surface area contributed by atoms with Crippen LogP contribution in [0.3, 0.4) is 0 Å².